The number of nitrogens with zero attached hydrogens (tertiary/aromatic N) is 6. The zero-order valence-corrected chi connectivity index (χ0v) is 25.7. The third-order valence-corrected chi connectivity index (χ3v) is 9.90. The van der Waals surface area contributed by atoms with E-state index in [4.69, 9.17) is 15.1 Å². The van der Waals surface area contributed by atoms with Crippen molar-refractivity contribution in [1.82, 2.24) is 30.0 Å². The fourth-order valence-corrected chi connectivity index (χ4v) is 7.09. The number of amides is 1. The van der Waals surface area contributed by atoms with Crippen molar-refractivity contribution >= 4 is 23.5 Å². The molecule has 3 aliphatic rings. The highest BCUT2D eigenvalue weighted by atomic mass is 16.2. The quantitative estimate of drug-likeness (QED) is 0.335. The van der Waals surface area contributed by atoms with Gasteiger partial charge in [-0.1, -0.05) is 24.3 Å². The standard InChI is InChI=1S/C34H44N8O/c1-4-25(20-35-2)26-6-5-7-27(18-26)32-38-22-30(33(40-32)37-19-24-11-16-36-17-12-24)28-21-39-42(23-28)29-8-13-34(14-9-29)15-10-31(43)41(34)3/h4-7,18,20-24,29,36H,8-17,19H2,1-3H3,(H,37,38,40)/b25-4+,35-20?. The van der Waals surface area contributed by atoms with Gasteiger partial charge in [0.2, 0.25) is 5.91 Å². The van der Waals surface area contributed by atoms with Crippen LogP contribution in [0.25, 0.3) is 28.1 Å². The van der Waals surface area contributed by atoms with Gasteiger partial charge in [-0.15, -0.1) is 0 Å². The second kappa shape index (κ2) is 12.8. The number of hydrogen-bond donors (Lipinski definition) is 2. The molecule has 0 radical (unpaired) electrons. The number of hydrogen-bond acceptors (Lipinski definition) is 7. The van der Waals surface area contributed by atoms with E-state index in [2.05, 4.69) is 56.8 Å². The number of allylic oxidation sites excluding steroid dienone is 2. The van der Waals surface area contributed by atoms with E-state index in [0.717, 1.165) is 98.2 Å². The molecule has 4 heterocycles. The molecule has 1 saturated carbocycles. The van der Waals surface area contributed by atoms with Crippen molar-refractivity contribution in [3.63, 3.8) is 0 Å². The molecule has 1 aliphatic carbocycles. The Kier molecular flexibility index (Phi) is 8.70. The van der Waals surface area contributed by atoms with Crippen molar-refractivity contribution in [2.24, 2.45) is 10.9 Å². The summed E-state index contributed by atoms with van der Waals surface area (Å²) in [6.07, 6.45) is 18.1. The van der Waals surface area contributed by atoms with E-state index in [1.165, 1.54) is 0 Å². The van der Waals surface area contributed by atoms with E-state index in [1.54, 1.807) is 7.05 Å². The third-order valence-electron chi connectivity index (χ3n) is 9.90. The first-order chi connectivity index (χ1) is 21.0. The van der Waals surface area contributed by atoms with Crippen LogP contribution in [0.1, 0.15) is 69.9 Å². The Labute approximate surface area is 254 Å². The predicted octanol–water partition coefficient (Wildman–Crippen LogP) is 5.63. The monoisotopic (exact) mass is 580 g/mol. The van der Waals surface area contributed by atoms with E-state index < -0.39 is 0 Å². The summed E-state index contributed by atoms with van der Waals surface area (Å²) in [5.74, 6) is 2.45. The highest BCUT2D eigenvalue weighted by Crippen LogP contribution is 2.44. The van der Waals surface area contributed by atoms with Gasteiger partial charge < -0.3 is 15.5 Å². The van der Waals surface area contributed by atoms with Gasteiger partial charge in [-0.05, 0) is 88.1 Å². The summed E-state index contributed by atoms with van der Waals surface area (Å²) in [5, 5.41) is 12.0. The molecule has 3 aromatic rings. The van der Waals surface area contributed by atoms with Crippen LogP contribution in [-0.4, -0.2) is 76.0 Å². The SMILES string of the molecule is C/C=C(\C=NC)c1cccc(-c2ncc(-c3cnn(C4CCC5(CCC(=O)N5C)CC4)c3)c(NCC3CCNCC3)n2)c1. The fraction of sp³-hybridized carbons (Fsp3) is 0.500. The first-order valence-corrected chi connectivity index (χ1v) is 15.8. The molecule has 2 N–H and O–H groups in total. The lowest BCUT2D eigenvalue weighted by atomic mass is 9.78. The summed E-state index contributed by atoms with van der Waals surface area (Å²) >= 11 is 0. The van der Waals surface area contributed by atoms with Gasteiger partial charge in [0.25, 0.3) is 0 Å². The Bertz CT molecular complexity index is 1490. The van der Waals surface area contributed by atoms with Gasteiger partial charge in [0.05, 0.1) is 12.2 Å². The number of likely N-dealkylation sites (tertiary alicyclic amines) is 1. The van der Waals surface area contributed by atoms with Crippen LogP contribution < -0.4 is 10.6 Å². The Hall–Kier alpha value is -3.85. The Morgan fingerprint density at radius 2 is 1.95 bits per heavy atom. The van der Waals surface area contributed by atoms with Gasteiger partial charge >= 0.3 is 0 Å². The van der Waals surface area contributed by atoms with Crippen molar-refractivity contribution < 1.29 is 4.79 Å². The molecule has 2 aromatic heterocycles. The Balaban J connectivity index is 1.26. The minimum atomic E-state index is 0.0489. The van der Waals surface area contributed by atoms with Gasteiger partial charge in [-0.3, -0.25) is 14.5 Å². The molecule has 9 heteroatoms. The van der Waals surface area contributed by atoms with Gasteiger partial charge in [0, 0.05) is 67.9 Å². The minimum Gasteiger partial charge on any atom is -0.369 e. The highest BCUT2D eigenvalue weighted by molar-refractivity contribution is 6.09. The maximum Gasteiger partial charge on any atom is 0.222 e. The summed E-state index contributed by atoms with van der Waals surface area (Å²) in [6, 6.07) is 8.68. The molecule has 2 aliphatic heterocycles. The molecule has 0 unspecified atom stereocenters. The molecule has 226 valence electrons. The fourth-order valence-electron chi connectivity index (χ4n) is 7.09. The van der Waals surface area contributed by atoms with Gasteiger partial charge in [0.1, 0.15) is 5.82 Å². The minimum absolute atomic E-state index is 0.0489. The van der Waals surface area contributed by atoms with Crippen LogP contribution in [0, 0.1) is 5.92 Å². The normalized spacial score (nSPS) is 23.5. The number of aromatic nitrogens is 4. The van der Waals surface area contributed by atoms with Crippen LogP contribution in [0.4, 0.5) is 5.82 Å². The average Bonchev–Trinajstić information content (AvgIpc) is 3.65. The lowest BCUT2D eigenvalue weighted by Crippen LogP contribution is -2.46. The molecular weight excluding hydrogens is 536 g/mol. The van der Waals surface area contributed by atoms with Crippen LogP contribution >= 0.6 is 0 Å². The number of rotatable bonds is 8. The van der Waals surface area contributed by atoms with Crippen molar-refractivity contribution in [2.45, 2.75) is 69.9 Å². The van der Waals surface area contributed by atoms with Crippen LogP contribution in [-0.2, 0) is 4.79 Å². The van der Waals surface area contributed by atoms with Crippen molar-refractivity contribution in [3.8, 4) is 22.5 Å². The van der Waals surface area contributed by atoms with E-state index in [1.807, 2.05) is 37.5 Å². The summed E-state index contributed by atoms with van der Waals surface area (Å²) < 4.78 is 2.13. The Morgan fingerprint density at radius 1 is 1.14 bits per heavy atom. The molecule has 1 spiro atoms. The topological polar surface area (TPSA) is 100 Å². The summed E-state index contributed by atoms with van der Waals surface area (Å²) in [5.41, 5.74) is 5.18. The molecule has 1 amide bonds. The van der Waals surface area contributed by atoms with Gasteiger partial charge in [-0.25, -0.2) is 9.97 Å². The smallest absolute Gasteiger partial charge is 0.222 e. The number of benzene rings is 1. The molecule has 9 nitrogen and oxygen atoms in total. The zero-order chi connectivity index (χ0) is 29.8. The number of anilines is 1. The van der Waals surface area contributed by atoms with Crippen LogP contribution in [0.15, 0.2) is 53.9 Å². The van der Waals surface area contributed by atoms with E-state index in [-0.39, 0.29) is 11.4 Å². The van der Waals surface area contributed by atoms with Crippen LogP contribution in [0.2, 0.25) is 0 Å². The number of carbonyl (C=O) groups is 1. The zero-order valence-electron chi connectivity index (χ0n) is 25.7. The maximum absolute atomic E-state index is 12.2. The number of nitrogens with one attached hydrogen (secondary N) is 2. The van der Waals surface area contributed by atoms with E-state index in [9.17, 15) is 4.79 Å². The molecule has 2 saturated heterocycles. The highest BCUT2D eigenvalue weighted by Gasteiger charge is 2.45. The third kappa shape index (κ3) is 6.13. The van der Waals surface area contributed by atoms with Gasteiger partial charge in [0.15, 0.2) is 5.82 Å². The van der Waals surface area contributed by atoms with Crippen molar-refractivity contribution in [1.29, 1.82) is 0 Å². The second-order valence-electron chi connectivity index (χ2n) is 12.4. The lowest BCUT2D eigenvalue weighted by Gasteiger charge is -2.42. The molecule has 3 fully saturated rings. The molecule has 1 aromatic carbocycles. The summed E-state index contributed by atoms with van der Waals surface area (Å²) in [7, 11) is 3.78. The van der Waals surface area contributed by atoms with Crippen molar-refractivity contribution in [3.05, 3.63) is 54.5 Å². The first kappa shape index (κ1) is 29.2. The van der Waals surface area contributed by atoms with Crippen LogP contribution in [0.5, 0.6) is 0 Å². The largest absolute Gasteiger partial charge is 0.369 e. The first-order valence-electron chi connectivity index (χ1n) is 15.8. The van der Waals surface area contributed by atoms with Crippen LogP contribution in [0.3, 0.4) is 0 Å². The van der Waals surface area contributed by atoms with Crippen molar-refractivity contribution in [2.75, 3.05) is 39.0 Å². The predicted molar refractivity (Wildman–Crippen MR) is 173 cm³/mol. The Morgan fingerprint density at radius 3 is 2.67 bits per heavy atom. The maximum atomic E-state index is 12.2. The molecular formula is C34H44N8O. The molecule has 43 heavy (non-hydrogen) atoms. The van der Waals surface area contributed by atoms with E-state index in [0.29, 0.717) is 24.2 Å². The average molecular weight is 581 g/mol. The second-order valence-corrected chi connectivity index (χ2v) is 12.4. The summed E-state index contributed by atoms with van der Waals surface area (Å²) in [6.45, 7) is 5.03. The van der Waals surface area contributed by atoms with Gasteiger partial charge in [-0.2, -0.15) is 5.10 Å². The number of aliphatic imine (C=N–C) groups is 1. The lowest BCUT2D eigenvalue weighted by molar-refractivity contribution is -0.130. The molecule has 6 rings (SSSR count). The number of carbonyl (C=O) groups excluding carboxylic acids is 1. The molecule has 0 atom stereocenters. The summed E-state index contributed by atoms with van der Waals surface area (Å²) in [4.78, 5) is 28.4. The van der Waals surface area contributed by atoms with E-state index >= 15 is 0 Å². The number of piperidine rings is 1. The molecule has 0 bridgehead atoms.